The van der Waals surface area contributed by atoms with Crippen molar-refractivity contribution in [2.45, 2.75) is 51.9 Å². The summed E-state index contributed by atoms with van der Waals surface area (Å²) in [6.45, 7) is 8.31. The van der Waals surface area contributed by atoms with E-state index in [2.05, 4.69) is 36.4 Å². The second-order valence-corrected chi connectivity index (χ2v) is 8.49. The Morgan fingerprint density at radius 2 is 2.29 bits per heavy atom. The molecule has 2 heterocycles. The Balaban J connectivity index is 1.75. The molecule has 1 aromatic rings. The molecule has 0 spiro atoms. The van der Waals surface area contributed by atoms with Crippen LogP contribution in [0.25, 0.3) is 0 Å². The monoisotopic (exact) mass is 307 g/mol. The zero-order valence-electron chi connectivity index (χ0n) is 13.2. The molecule has 0 aromatic carbocycles. The first-order valence-corrected chi connectivity index (χ1v) is 8.72. The van der Waals surface area contributed by atoms with Crippen molar-refractivity contribution in [1.82, 2.24) is 10.3 Å². The van der Waals surface area contributed by atoms with Crippen LogP contribution in [0.2, 0.25) is 0 Å². The smallest absolute Gasteiger partial charge is 0.233 e. The Bertz CT molecular complexity index is 534. The summed E-state index contributed by atoms with van der Waals surface area (Å²) in [5.74, 6) is 0.667. The topological polar surface area (TPSA) is 54.0 Å². The average molecular weight is 307 g/mol. The Morgan fingerprint density at radius 1 is 1.48 bits per heavy atom. The van der Waals surface area contributed by atoms with E-state index in [-0.39, 0.29) is 16.7 Å². The largest absolute Gasteiger partial charge is 0.315 e. The highest BCUT2D eigenvalue weighted by Gasteiger charge is 2.50. The third-order valence-electron chi connectivity index (χ3n) is 4.96. The molecule has 0 radical (unpaired) electrons. The molecule has 2 N–H and O–H groups in total. The van der Waals surface area contributed by atoms with E-state index in [9.17, 15) is 4.79 Å². The van der Waals surface area contributed by atoms with Crippen LogP contribution in [0.4, 0.5) is 5.13 Å². The fourth-order valence-corrected chi connectivity index (χ4v) is 4.46. The van der Waals surface area contributed by atoms with Gasteiger partial charge in [-0.3, -0.25) is 4.79 Å². The molecule has 1 aliphatic heterocycles. The number of thiazole rings is 1. The summed E-state index contributed by atoms with van der Waals surface area (Å²) in [5.41, 5.74) is -0.118. The van der Waals surface area contributed by atoms with Gasteiger partial charge in [0, 0.05) is 17.6 Å². The lowest BCUT2D eigenvalue weighted by atomic mass is 9.68. The number of carbonyl (C=O) groups is 1. The number of carbonyl (C=O) groups excluding carboxylic acids is 1. The summed E-state index contributed by atoms with van der Waals surface area (Å²) in [6, 6.07) is 0. The molecule has 2 fully saturated rings. The van der Waals surface area contributed by atoms with E-state index in [0.29, 0.717) is 5.92 Å². The van der Waals surface area contributed by atoms with Crippen LogP contribution < -0.4 is 10.6 Å². The van der Waals surface area contributed by atoms with Gasteiger partial charge in [-0.2, -0.15) is 0 Å². The van der Waals surface area contributed by atoms with E-state index in [1.165, 1.54) is 17.7 Å². The van der Waals surface area contributed by atoms with Gasteiger partial charge in [-0.05, 0) is 30.7 Å². The summed E-state index contributed by atoms with van der Waals surface area (Å²) in [6.07, 6.45) is 6.49. The third kappa shape index (κ3) is 2.73. The highest BCUT2D eigenvalue weighted by molar-refractivity contribution is 7.15. The number of hydrogen-bond donors (Lipinski definition) is 2. The Kier molecular flexibility index (Phi) is 3.82. The number of fused-ring (bicyclic) bond motifs is 1. The summed E-state index contributed by atoms with van der Waals surface area (Å²) >= 11 is 1.60. The van der Waals surface area contributed by atoms with Crippen molar-refractivity contribution >= 4 is 22.4 Å². The van der Waals surface area contributed by atoms with Gasteiger partial charge in [0.15, 0.2) is 5.13 Å². The van der Waals surface area contributed by atoms with Crippen molar-refractivity contribution < 1.29 is 4.79 Å². The molecule has 1 aromatic heterocycles. The summed E-state index contributed by atoms with van der Waals surface area (Å²) in [7, 11) is 0. The number of anilines is 1. The quantitative estimate of drug-likeness (QED) is 0.882. The Morgan fingerprint density at radius 3 is 3.00 bits per heavy atom. The molecule has 3 rings (SSSR count). The Labute approximate surface area is 130 Å². The van der Waals surface area contributed by atoms with Crippen LogP contribution in [-0.4, -0.2) is 24.0 Å². The van der Waals surface area contributed by atoms with Crippen LogP contribution in [0.3, 0.4) is 0 Å². The standard InChI is InChI=1S/C16H25N3OS/c1-15(2,3)12-9-18-14(21-12)19-13(20)16-7-5-4-6-11(16)8-17-10-16/h9,11,17H,4-8,10H2,1-3H3,(H,18,19,20)/t11-,16+/m0/s1. The molecule has 2 aliphatic rings. The van der Waals surface area contributed by atoms with E-state index in [4.69, 9.17) is 0 Å². The summed E-state index contributed by atoms with van der Waals surface area (Å²) < 4.78 is 0. The molecule has 1 saturated carbocycles. The minimum absolute atomic E-state index is 0.0845. The maximum Gasteiger partial charge on any atom is 0.233 e. The first-order chi connectivity index (χ1) is 9.92. The lowest BCUT2D eigenvalue weighted by molar-refractivity contribution is -0.128. The van der Waals surface area contributed by atoms with E-state index in [1.54, 1.807) is 11.3 Å². The molecule has 1 saturated heterocycles. The van der Waals surface area contributed by atoms with Crippen LogP contribution in [0.5, 0.6) is 0 Å². The van der Waals surface area contributed by atoms with Crippen LogP contribution in [-0.2, 0) is 10.2 Å². The molecule has 0 bridgehead atoms. The minimum Gasteiger partial charge on any atom is -0.315 e. The van der Waals surface area contributed by atoms with Gasteiger partial charge in [-0.15, -0.1) is 11.3 Å². The lowest BCUT2D eigenvalue weighted by Crippen LogP contribution is -2.44. The van der Waals surface area contributed by atoms with Crippen LogP contribution in [0.15, 0.2) is 6.20 Å². The molecule has 21 heavy (non-hydrogen) atoms. The Hall–Kier alpha value is -0.940. The van der Waals surface area contributed by atoms with Gasteiger partial charge >= 0.3 is 0 Å². The van der Waals surface area contributed by atoms with Crippen LogP contribution >= 0.6 is 11.3 Å². The second-order valence-electron chi connectivity index (χ2n) is 7.46. The maximum absolute atomic E-state index is 12.8. The molecule has 4 nitrogen and oxygen atoms in total. The average Bonchev–Trinajstić information content (AvgIpc) is 3.04. The normalized spacial score (nSPS) is 29.2. The van der Waals surface area contributed by atoms with Crippen LogP contribution in [0.1, 0.15) is 51.3 Å². The first kappa shape index (κ1) is 15.0. The van der Waals surface area contributed by atoms with Crippen molar-refractivity contribution in [3.63, 3.8) is 0 Å². The van der Waals surface area contributed by atoms with E-state index in [1.807, 2.05) is 6.20 Å². The maximum atomic E-state index is 12.8. The van der Waals surface area contributed by atoms with Gasteiger partial charge in [0.05, 0.1) is 5.41 Å². The summed E-state index contributed by atoms with van der Waals surface area (Å²) in [4.78, 5) is 18.4. The number of nitrogens with one attached hydrogen (secondary N) is 2. The fourth-order valence-electron chi connectivity index (χ4n) is 3.59. The summed E-state index contributed by atoms with van der Waals surface area (Å²) in [5, 5.41) is 7.26. The zero-order valence-corrected chi connectivity index (χ0v) is 14.0. The van der Waals surface area contributed by atoms with Gasteiger partial charge in [0.2, 0.25) is 5.91 Å². The highest BCUT2D eigenvalue weighted by Crippen LogP contribution is 2.44. The van der Waals surface area contributed by atoms with Crippen molar-refractivity contribution in [2.24, 2.45) is 11.3 Å². The van der Waals surface area contributed by atoms with Crippen molar-refractivity contribution in [3.05, 3.63) is 11.1 Å². The molecule has 1 amide bonds. The van der Waals surface area contributed by atoms with Gasteiger partial charge in [0.1, 0.15) is 0 Å². The molecule has 5 heteroatoms. The second kappa shape index (κ2) is 5.36. The van der Waals surface area contributed by atoms with Gasteiger partial charge in [-0.25, -0.2) is 4.98 Å². The number of hydrogen-bond acceptors (Lipinski definition) is 4. The van der Waals surface area contributed by atoms with E-state index >= 15 is 0 Å². The number of rotatable bonds is 2. The number of nitrogens with zero attached hydrogens (tertiary/aromatic N) is 1. The molecule has 1 aliphatic carbocycles. The lowest BCUT2D eigenvalue weighted by Gasteiger charge is -2.36. The van der Waals surface area contributed by atoms with Gasteiger partial charge in [0.25, 0.3) is 0 Å². The van der Waals surface area contributed by atoms with Crippen molar-refractivity contribution in [3.8, 4) is 0 Å². The zero-order chi connectivity index (χ0) is 15.1. The fraction of sp³-hybridized carbons (Fsp3) is 0.750. The molecular formula is C16H25N3OS. The predicted molar refractivity (Wildman–Crippen MR) is 86.7 cm³/mol. The SMILES string of the molecule is CC(C)(C)c1cnc(NC(=O)[C@@]23CCCC[C@H]2CNC3)s1. The number of amides is 1. The molecular weight excluding hydrogens is 282 g/mol. The van der Waals surface area contributed by atoms with E-state index < -0.39 is 0 Å². The van der Waals surface area contributed by atoms with E-state index in [0.717, 1.165) is 31.1 Å². The number of aromatic nitrogens is 1. The van der Waals surface area contributed by atoms with Crippen molar-refractivity contribution in [2.75, 3.05) is 18.4 Å². The highest BCUT2D eigenvalue weighted by atomic mass is 32.1. The third-order valence-corrected chi connectivity index (χ3v) is 6.29. The predicted octanol–water partition coefficient (Wildman–Crippen LogP) is 3.16. The van der Waals surface area contributed by atoms with Gasteiger partial charge < -0.3 is 10.6 Å². The molecule has 0 unspecified atom stereocenters. The minimum atomic E-state index is -0.203. The first-order valence-electron chi connectivity index (χ1n) is 7.90. The van der Waals surface area contributed by atoms with Gasteiger partial charge in [-0.1, -0.05) is 33.6 Å². The molecule has 2 atom stereocenters. The van der Waals surface area contributed by atoms with Crippen molar-refractivity contribution in [1.29, 1.82) is 0 Å². The molecule has 116 valence electrons. The van der Waals surface area contributed by atoms with Crippen LogP contribution in [0, 0.1) is 11.3 Å².